The van der Waals surface area contributed by atoms with Gasteiger partial charge in [0.15, 0.2) is 4.80 Å². The van der Waals surface area contributed by atoms with Crippen LogP contribution in [0.1, 0.15) is 11.1 Å². The van der Waals surface area contributed by atoms with Crippen molar-refractivity contribution < 1.29 is 4.79 Å². The maximum Gasteiger partial charge on any atom is 0.244 e. The van der Waals surface area contributed by atoms with E-state index >= 15 is 0 Å². The minimum Gasteiger partial charge on any atom is -0.325 e. The molecular weight excluding hydrogens is 378 g/mol. The third-order valence-corrected chi connectivity index (χ3v) is 5.81. The van der Waals surface area contributed by atoms with Crippen molar-refractivity contribution in [2.75, 3.05) is 11.9 Å². The van der Waals surface area contributed by atoms with Gasteiger partial charge in [0, 0.05) is 12.2 Å². The molecule has 1 N–H and O–H groups in total. The number of anilines is 1. The van der Waals surface area contributed by atoms with Gasteiger partial charge in [-0.2, -0.15) is 0 Å². The molecule has 0 aliphatic rings. The number of para-hydroxylation sites is 1. The number of hydrogen-bond acceptors (Lipinski definition) is 3. The fraction of sp³-hybridized carbons (Fsp3) is 0.167. The maximum absolute atomic E-state index is 12.7. The van der Waals surface area contributed by atoms with E-state index in [1.165, 1.54) is 11.1 Å². The van der Waals surface area contributed by atoms with Crippen LogP contribution in [0.4, 0.5) is 5.69 Å². The fourth-order valence-electron chi connectivity index (χ4n) is 3.20. The van der Waals surface area contributed by atoms with Crippen LogP contribution in [0.2, 0.25) is 0 Å². The van der Waals surface area contributed by atoms with Crippen LogP contribution < -0.4 is 10.1 Å². The average Bonchev–Trinajstić information content (AvgIpc) is 3.08. The number of hydrogen-bond donors (Lipinski definition) is 1. The van der Waals surface area contributed by atoms with E-state index in [2.05, 4.69) is 23.5 Å². The molecule has 0 unspecified atom stereocenters. The summed E-state index contributed by atoms with van der Waals surface area (Å²) in [5.41, 5.74) is 4.28. The summed E-state index contributed by atoms with van der Waals surface area (Å²) < 4.78 is 3.14. The largest absolute Gasteiger partial charge is 0.325 e. The number of nitrogens with one attached hydrogen (secondary N) is 1. The van der Waals surface area contributed by atoms with Crippen molar-refractivity contribution in [1.29, 1.82) is 0 Å². The van der Waals surface area contributed by atoms with Crippen molar-refractivity contribution in [1.82, 2.24) is 4.57 Å². The van der Waals surface area contributed by atoms with Gasteiger partial charge in [0.2, 0.25) is 5.91 Å². The summed E-state index contributed by atoms with van der Waals surface area (Å²) in [5.74, 6) is -0.0538. The van der Waals surface area contributed by atoms with E-state index in [1.807, 2.05) is 72.2 Å². The summed E-state index contributed by atoms with van der Waals surface area (Å²) in [7, 11) is 0. The van der Waals surface area contributed by atoms with E-state index in [0.29, 0.717) is 6.54 Å². The second kappa shape index (κ2) is 8.88. The summed E-state index contributed by atoms with van der Waals surface area (Å²) in [6.07, 6.45) is 0.880. The minimum absolute atomic E-state index is 0.0538. The number of thiazole rings is 1. The van der Waals surface area contributed by atoms with Crippen molar-refractivity contribution in [3.05, 3.63) is 94.8 Å². The molecule has 0 bridgehead atoms. The van der Waals surface area contributed by atoms with Crippen molar-refractivity contribution in [2.45, 2.75) is 19.9 Å². The first-order chi connectivity index (χ1) is 14.2. The van der Waals surface area contributed by atoms with Gasteiger partial charge in [0.1, 0.15) is 6.54 Å². The highest BCUT2D eigenvalue weighted by Gasteiger charge is 2.10. The Balaban J connectivity index is 1.56. The van der Waals surface area contributed by atoms with Crippen LogP contribution in [0.25, 0.3) is 10.2 Å². The van der Waals surface area contributed by atoms with E-state index < -0.39 is 0 Å². The van der Waals surface area contributed by atoms with Crippen LogP contribution in [0.15, 0.2) is 83.9 Å². The number of aromatic nitrogens is 1. The Labute approximate surface area is 174 Å². The van der Waals surface area contributed by atoms with E-state index in [9.17, 15) is 4.79 Å². The van der Waals surface area contributed by atoms with Gasteiger partial charge >= 0.3 is 0 Å². The van der Waals surface area contributed by atoms with Crippen LogP contribution >= 0.6 is 11.3 Å². The number of fused-ring (bicyclic) bond motifs is 1. The molecule has 0 saturated heterocycles. The number of aryl methyl sites for hydroxylation is 1. The highest BCUT2D eigenvalue weighted by molar-refractivity contribution is 7.16. The molecule has 1 heterocycles. The molecule has 29 heavy (non-hydrogen) atoms. The number of nitrogens with zero attached hydrogens (tertiary/aromatic N) is 2. The topological polar surface area (TPSA) is 46.4 Å². The lowest BCUT2D eigenvalue weighted by atomic mass is 10.2. The first kappa shape index (κ1) is 19.2. The lowest BCUT2D eigenvalue weighted by Gasteiger charge is -2.08. The van der Waals surface area contributed by atoms with Gasteiger partial charge in [-0.15, -0.1) is 0 Å². The molecule has 5 heteroatoms. The van der Waals surface area contributed by atoms with Crippen LogP contribution in [0, 0.1) is 6.92 Å². The molecule has 3 aromatic carbocycles. The third kappa shape index (κ3) is 4.81. The molecule has 0 fully saturated rings. The van der Waals surface area contributed by atoms with Gasteiger partial charge in [0.05, 0.1) is 10.2 Å². The van der Waals surface area contributed by atoms with E-state index in [0.717, 1.165) is 27.1 Å². The normalized spacial score (nSPS) is 11.7. The number of carbonyl (C=O) groups excluding carboxylic acids is 1. The third-order valence-electron chi connectivity index (χ3n) is 4.72. The molecule has 0 radical (unpaired) electrons. The highest BCUT2D eigenvalue weighted by atomic mass is 32.1. The first-order valence-corrected chi connectivity index (χ1v) is 10.5. The van der Waals surface area contributed by atoms with Crippen molar-refractivity contribution in [3.63, 3.8) is 0 Å². The minimum atomic E-state index is -0.0538. The van der Waals surface area contributed by atoms with Gasteiger partial charge in [-0.05, 0) is 43.2 Å². The summed E-state index contributed by atoms with van der Waals surface area (Å²) in [6, 6.07) is 26.3. The number of carbonyl (C=O) groups is 1. The molecule has 0 aliphatic heterocycles. The molecule has 0 saturated carbocycles. The predicted octanol–water partition coefficient (Wildman–Crippen LogP) is 4.79. The van der Waals surface area contributed by atoms with Gasteiger partial charge < -0.3 is 9.88 Å². The Morgan fingerprint density at radius 1 is 0.966 bits per heavy atom. The molecule has 1 aromatic heterocycles. The van der Waals surface area contributed by atoms with E-state index in [4.69, 9.17) is 4.99 Å². The Bertz CT molecular complexity index is 1170. The molecule has 4 rings (SSSR count). The monoisotopic (exact) mass is 401 g/mol. The summed E-state index contributed by atoms with van der Waals surface area (Å²) in [4.78, 5) is 18.4. The van der Waals surface area contributed by atoms with Gasteiger partial charge in [0.25, 0.3) is 0 Å². The second-order valence-corrected chi connectivity index (χ2v) is 7.98. The SMILES string of the molecule is Cc1ccc(NC(=O)Cn2c(=NCCc3ccccc3)sc3ccccc32)cc1. The van der Waals surface area contributed by atoms with Crippen LogP contribution in [0.3, 0.4) is 0 Å². The Hall–Kier alpha value is -3.18. The maximum atomic E-state index is 12.7. The van der Waals surface area contributed by atoms with E-state index in [1.54, 1.807) is 11.3 Å². The Morgan fingerprint density at radius 2 is 1.69 bits per heavy atom. The van der Waals surface area contributed by atoms with Gasteiger partial charge in [-0.3, -0.25) is 9.79 Å². The van der Waals surface area contributed by atoms with Crippen molar-refractivity contribution in [3.8, 4) is 0 Å². The zero-order valence-electron chi connectivity index (χ0n) is 16.3. The zero-order chi connectivity index (χ0) is 20.1. The molecule has 4 aromatic rings. The molecule has 0 aliphatic carbocycles. The summed E-state index contributed by atoms with van der Waals surface area (Å²) in [6.45, 7) is 2.96. The lowest BCUT2D eigenvalue weighted by molar-refractivity contribution is -0.116. The predicted molar refractivity (Wildman–Crippen MR) is 120 cm³/mol. The summed E-state index contributed by atoms with van der Waals surface area (Å²) >= 11 is 1.63. The molecular formula is C24H23N3OS. The highest BCUT2D eigenvalue weighted by Crippen LogP contribution is 2.17. The standard InChI is InChI=1S/C24H23N3OS/c1-18-11-13-20(14-12-18)26-23(28)17-27-21-9-5-6-10-22(21)29-24(27)25-16-15-19-7-3-2-4-8-19/h2-14H,15-17H2,1H3,(H,26,28). The Kier molecular flexibility index (Phi) is 5.86. The van der Waals surface area contributed by atoms with Crippen LogP contribution in [0.5, 0.6) is 0 Å². The Morgan fingerprint density at radius 3 is 2.48 bits per heavy atom. The second-order valence-electron chi connectivity index (χ2n) is 6.97. The van der Waals surface area contributed by atoms with Gasteiger partial charge in [-0.1, -0.05) is 71.5 Å². The first-order valence-electron chi connectivity index (χ1n) is 9.68. The van der Waals surface area contributed by atoms with Crippen molar-refractivity contribution in [2.24, 2.45) is 4.99 Å². The smallest absolute Gasteiger partial charge is 0.244 e. The average molecular weight is 402 g/mol. The van der Waals surface area contributed by atoms with E-state index in [-0.39, 0.29) is 12.5 Å². The number of benzene rings is 3. The van der Waals surface area contributed by atoms with Gasteiger partial charge in [-0.25, -0.2) is 0 Å². The molecule has 146 valence electrons. The van der Waals surface area contributed by atoms with Crippen molar-refractivity contribution >= 4 is 33.1 Å². The van der Waals surface area contributed by atoms with Crippen LogP contribution in [-0.4, -0.2) is 17.0 Å². The molecule has 1 amide bonds. The quantitative estimate of drug-likeness (QED) is 0.496. The lowest BCUT2D eigenvalue weighted by Crippen LogP contribution is -2.25. The molecule has 0 atom stereocenters. The fourth-order valence-corrected chi connectivity index (χ4v) is 4.25. The molecule has 4 nitrogen and oxygen atoms in total. The zero-order valence-corrected chi connectivity index (χ0v) is 17.2. The number of rotatable bonds is 6. The number of amides is 1. The summed E-state index contributed by atoms with van der Waals surface area (Å²) in [5, 5.41) is 2.98. The molecule has 0 spiro atoms. The van der Waals surface area contributed by atoms with Crippen LogP contribution in [-0.2, 0) is 17.8 Å².